The van der Waals surface area contributed by atoms with E-state index in [0.29, 0.717) is 11.3 Å². The van der Waals surface area contributed by atoms with Gasteiger partial charge in [0.15, 0.2) is 5.76 Å². The number of hydrogen-bond acceptors (Lipinski definition) is 13. The minimum Gasteiger partial charge on any atom is -0.508 e. The molecule has 1 aliphatic heterocycles. The second-order valence-corrected chi connectivity index (χ2v) is 9.84. The molecule has 3 aromatic carbocycles. The van der Waals surface area contributed by atoms with Crippen molar-refractivity contribution in [2.24, 2.45) is 0 Å². The van der Waals surface area contributed by atoms with E-state index in [0.717, 1.165) is 18.2 Å². The third kappa shape index (κ3) is 6.31. The number of aromatic hydroxyl groups is 3. The molecule has 1 saturated heterocycles. The molecule has 5 unspecified atom stereocenters. The lowest BCUT2D eigenvalue weighted by atomic mass is 9.99. The van der Waals surface area contributed by atoms with Crippen LogP contribution in [0.1, 0.15) is 5.56 Å². The third-order valence-electron chi connectivity index (χ3n) is 6.87. The van der Waals surface area contributed by atoms with Gasteiger partial charge < -0.3 is 54.0 Å². The Labute approximate surface area is 249 Å². The second-order valence-electron chi connectivity index (χ2n) is 9.84. The van der Waals surface area contributed by atoms with E-state index in [2.05, 4.69) is 0 Å². The highest BCUT2D eigenvalue weighted by atomic mass is 16.7. The molecule has 0 aliphatic carbocycles. The quantitative estimate of drug-likeness (QED) is 0.125. The Morgan fingerprint density at radius 2 is 1.61 bits per heavy atom. The number of benzene rings is 3. The normalized spacial score (nSPS) is 21.8. The molecule has 1 aromatic heterocycles. The van der Waals surface area contributed by atoms with Crippen LogP contribution in [0.5, 0.6) is 28.7 Å². The fourth-order valence-corrected chi connectivity index (χ4v) is 4.54. The van der Waals surface area contributed by atoms with Gasteiger partial charge in [-0.25, -0.2) is 4.79 Å². The highest BCUT2D eigenvalue weighted by Gasteiger charge is 2.46. The number of hydrogen-bond donors (Lipinski definition) is 6. The van der Waals surface area contributed by atoms with Crippen molar-refractivity contribution in [2.75, 3.05) is 13.7 Å². The first-order valence-corrected chi connectivity index (χ1v) is 13.2. The van der Waals surface area contributed by atoms with Crippen LogP contribution in [0.25, 0.3) is 28.4 Å². The minimum atomic E-state index is -1.89. The molecule has 2 heterocycles. The van der Waals surface area contributed by atoms with Gasteiger partial charge in [-0.2, -0.15) is 0 Å². The van der Waals surface area contributed by atoms with Crippen molar-refractivity contribution in [2.45, 2.75) is 30.7 Å². The Kier molecular flexibility index (Phi) is 8.73. The van der Waals surface area contributed by atoms with Crippen LogP contribution < -0.4 is 14.9 Å². The number of fused-ring (bicyclic) bond motifs is 1. The summed E-state index contributed by atoms with van der Waals surface area (Å²) >= 11 is 0. The van der Waals surface area contributed by atoms with E-state index in [-0.39, 0.29) is 33.8 Å². The maximum Gasteiger partial charge on any atom is 0.330 e. The van der Waals surface area contributed by atoms with Crippen LogP contribution in [-0.4, -0.2) is 81.0 Å². The number of phenolic OH excluding ortho intramolecular Hbond substituents is 3. The van der Waals surface area contributed by atoms with Crippen LogP contribution in [0.2, 0.25) is 0 Å². The number of carbonyl (C=O) groups is 1. The molecular weight excluding hydrogens is 580 g/mol. The van der Waals surface area contributed by atoms with Gasteiger partial charge in [0, 0.05) is 23.8 Å². The van der Waals surface area contributed by atoms with E-state index in [1.165, 1.54) is 37.5 Å². The molecule has 0 amide bonds. The van der Waals surface area contributed by atoms with Crippen molar-refractivity contribution < 1.29 is 58.8 Å². The summed E-state index contributed by atoms with van der Waals surface area (Å²) in [5, 5.41) is 61.3. The molecule has 1 fully saturated rings. The van der Waals surface area contributed by atoms with Crippen molar-refractivity contribution in [1.29, 1.82) is 0 Å². The number of rotatable bonds is 8. The Hall–Kier alpha value is -5.08. The molecule has 230 valence electrons. The molecule has 5 atom stereocenters. The molecule has 0 spiro atoms. The first kappa shape index (κ1) is 30.4. The van der Waals surface area contributed by atoms with Crippen molar-refractivity contribution >= 4 is 23.0 Å². The maximum atomic E-state index is 13.6. The summed E-state index contributed by atoms with van der Waals surface area (Å²) in [4.78, 5) is 25.9. The zero-order valence-corrected chi connectivity index (χ0v) is 23.1. The van der Waals surface area contributed by atoms with Gasteiger partial charge in [0.2, 0.25) is 17.5 Å². The molecule has 0 bridgehead atoms. The van der Waals surface area contributed by atoms with Crippen molar-refractivity contribution in [3.8, 4) is 40.1 Å². The van der Waals surface area contributed by atoms with E-state index in [1.807, 2.05) is 0 Å². The van der Waals surface area contributed by atoms with Gasteiger partial charge in [0.05, 0.1) is 7.11 Å². The van der Waals surface area contributed by atoms with Crippen LogP contribution in [0.4, 0.5) is 0 Å². The lowest BCUT2D eigenvalue weighted by Gasteiger charge is -2.39. The molecule has 6 N–H and O–H groups in total. The van der Waals surface area contributed by atoms with Gasteiger partial charge in [-0.3, -0.25) is 4.79 Å². The molecule has 13 nitrogen and oxygen atoms in total. The second kappa shape index (κ2) is 12.7. The molecule has 13 heteroatoms. The average Bonchev–Trinajstić information content (AvgIpc) is 3.01. The van der Waals surface area contributed by atoms with Gasteiger partial charge in [-0.1, -0.05) is 12.1 Å². The number of ether oxygens (including phenoxy) is 4. The first-order valence-electron chi connectivity index (χ1n) is 13.2. The van der Waals surface area contributed by atoms with Crippen LogP contribution in [0.15, 0.2) is 76.0 Å². The third-order valence-corrected chi connectivity index (χ3v) is 6.87. The van der Waals surface area contributed by atoms with Gasteiger partial charge in [0.1, 0.15) is 65.0 Å². The average molecular weight is 609 g/mol. The van der Waals surface area contributed by atoms with E-state index >= 15 is 0 Å². The Bertz CT molecular complexity index is 1730. The minimum absolute atomic E-state index is 0.0889. The number of methoxy groups -OCH3 is 1. The summed E-state index contributed by atoms with van der Waals surface area (Å²) in [6.45, 7) is -0.562. The number of carbonyl (C=O) groups excluding carboxylic acids is 1. The van der Waals surface area contributed by atoms with Gasteiger partial charge in [0.25, 0.3) is 0 Å². The molecule has 5 rings (SSSR count). The van der Waals surface area contributed by atoms with E-state index in [9.17, 15) is 40.2 Å². The Morgan fingerprint density at radius 1 is 0.909 bits per heavy atom. The van der Waals surface area contributed by atoms with Crippen LogP contribution in [0.3, 0.4) is 0 Å². The van der Waals surface area contributed by atoms with Crippen molar-refractivity contribution in [1.82, 2.24) is 0 Å². The topological polar surface area (TPSA) is 206 Å². The fourth-order valence-electron chi connectivity index (χ4n) is 4.54. The van der Waals surface area contributed by atoms with Gasteiger partial charge in [-0.05, 0) is 48.0 Å². The van der Waals surface area contributed by atoms with E-state index < -0.39 is 60.2 Å². The van der Waals surface area contributed by atoms with Crippen LogP contribution in [0, 0.1) is 0 Å². The monoisotopic (exact) mass is 608 g/mol. The fraction of sp³-hybridized carbons (Fsp3) is 0.226. The molecular formula is C31H28O13. The summed E-state index contributed by atoms with van der Waals surface area (Å²) in [5.41, 5.74) is -0.214. The summed E-state index contributed by atoms with van der Waals surface area (Å²) in [5.74, 6) is -2.04. The molecule has 44 heavy (non-hydrogen) atoms. The zero-order chi connectivity index (χ0) is 31.5. The van der Waals surface area contributed by atoms with E-state index in [1.54, 1.807) is 24.3 Å². The summed E-state index contributed by atoms with van der Waals surface area (Å²) < 4.78 is 27.4. The Morgan fingerprint density at radius 3 is 2.30 bits per heavy atom. The molecule has 1 aliphatic rings. The van der Waals surface area contributed by atoms with Crippen LogP contribution >= 0.6 is 0 Å². The highest BCUT2D eigenvalue weighted by molar-refractivity contribution is 5.88. The summed E-state index contributed by atoms with van der Waals surface area (Å²) in [6, 6.07) is 14.3. The smallest absolute Gasteiger partial charge is 0.330 e. The van der Waals surface area contributed by atoms with Crippen LogP contribution in [-0.2, 0) is 14.3 Å². The lowest BCUT2D eigenvalue weighted by molar-refractivity contribution is -0.278. The molecule has 0 saturated carbocycles. The Balaban J connectivity index is 1.40. The standard InChI is InChI=1S/C31H28O13/c1-40-19-9-2-15(3-10-19)4-11-23(35)41-14-22-25(36)27(38)28(39)31(43-22)44-30-26(37)24-20(34)12-18(33)13-21(24)42-29(30)16-5-7-17(32)8-6-16/h2-13,22,25,27-28,31-34,36,38-39H,14H2,1H3. The molecule has 4 aromatic rings. The highest BCUT2D eigenvalue weighted by Crippen LogP contribution is 2.37. The zero-order valence-electron chi connectivity index (χ0n) is 23.1. The van der Waals surface area contributed by atoms with Crippen molar-refractivity contribution in [3.05, 3.63) is 82.5 Å². The number of phenols is 3. The number of aliphatic hydroxyl groups is 3. The first-order chi connectivity index (χ1) is 21.0. The summed E-state index contributed by atoms with van der Waals surface area (Å²) in [7, 11) is 1.53. The van der Waals surface area contributed by atoms with E-state index in [4.69, 9.17) is 23.4 Å². The number of esters is 1. The predicted molar refractivity (Wildman–Crippen MR) is 153 cm³/mol. The number of aliphatic hydroxyl groups excluding tert-OH is 3. The molecule has 0 radical (unpaired) electrons. The lowest BCUT2D eigenvalue weighted by Crippen LogP contribution is -2.60. The van der Waals surface area contributed by atoms with Crippen molar-refractivity contribution in [3.63, 3.8) is 0 Å². The van der Waals surface area contributed by atoms with Gasteiger partial charge in [-0.15, -0.1) is 0 Å². The summed E-state index contributed by atoms with van der Waals surface area (Å²) in [6.07, 6.45) is -5.99. The maximum absolute atomic E-state index is 13.6. The SMILES string of the molecule is COc1ccc(C=CC(=O)OCC2OC(Oc3c(-c4ccc(O)cc4)oc4cc(O)cc(O)c4c3=O)C(O)C(O)C2O)cc1. The van der Waals surface area contributed by atoms with Gasteiger partial charge >= 0.3 is 5.97 Å². The largest absolute Gasteiger partial charge is 0.508 e. The predicted octanol–water partition coefficient (Wildman–Crippen LogP) is 2.03.